The third-order valence-corrected chi connectivity index (χ3v) is 8.76. The number of halogens is 2. The smallest absolute Gasteiger partial charge is 0.253 e. The molecule has 1 aromatic heterocycles. The highest BCUT2D eigenvalue weighted by Crippen LogP contribution is 2.49. The number of amides is 1. The molecule has 1 aliphatic carbocycles. The highest BCUT2D eigenvalue weighted by atomic mass is 35.5. The van der Waals surface area contributed by atoms with Crippen LogP contribution in [0, 0.1) is 5.92 Å². The fourth-order valence-corrected chi connectivity index (χ4v) is 6.41. The van der Waals surface area contributed by atoms with Crippen molar-refractivity contribution in [2.75, 3.05) is 5.75 Å². The van der Waals surface area contributed by atoms with E-state index in [2.05, 4.69) is 41.1 Å². The summed E-state index contributed by atoms with van der Waals surface area (Å²) >= 11 is 14.6. The van der Waals surface area contributed by atoms with E-state index in [4.69, 9.17) is 27.9 Å². The molecule has 1 amide bonds. The number of nitrogens with one attached hydrogen (secondary N) is 1. The van der Waals surface area contributed by atoms with Crippen LogP contribution in [0.25, 0.3) is 0 Å². The van der Waals surface area contributed by atoms with E-state index in [-0.39, 0.29) is 22.7 Å². The van der Waals surface area contributed by atoms with Gasteiger partial charge in [-0.1, -0.05) is 73.5 Å². The first kappa shape index (κ1) is 26.5. The van der Waals surface area contributed by atoms with Gasteiger partial charge in [-0.15, -0.1) is 5.10 Å². The van der Waals surface area contributed by atoms with Crippen molar-refractivity contribution in [2.24, 2.45) is 5.92 Å². The highest BCUT2D eigenvalue weighted by Gasteiger charge is 2.50. The first-order chi connectivity index (χ1) is 17.7. The minimum Gasteiger partial charge on any atom is -0.358 e. The summed E-state index contributed by atoms with van der Waals surface area (Å²) in [5.74, 6) is 1.34. The van der Waals surface area contributed by atoms with Crippen LogP contribution in [0.4, 0.5) is 0 Å². The number of ether oxygens (including phenoxy) is 1. The molecular weight excluding hydrogens is 527 g/mol. The number of thioether (sulfide) groups is 1. The number of benzene rings is 2. The number of carbonyl (C=O) groups excluding carboxylic acids is 1. The lowest BCUT2D eigenvalue weighted by molar-refractivity contribution is -0.179. The van der Waals surface area contributed by atoms with Gasteiger partial charge in [0, 0.05) is 33.0 Å². The summed E-state index contributed by atoms with van der Waals surface area (Å²) in [5.41, 5.74) is 2.70. The van der Waals surface area contributed by atoms with Crippen molar-refractivity contribution in [3.63, 3.8) is 0 Å². The topological polar surface area (TPSA) is 71.1 Å². The molecule has 2 fully saturated rings. The quantitative estimate of drug-likeness (QED) is 0.334. The van der Waals surface area contributed by atoms with E-state index < -0.39 is 12.2 Å². The molecule has 5 rings (SSSR count). The fraction of sp³-hybridized carbons (Fsp3) is 0.464. The van der Waals surface area contributed by atoms with Crippen LogP contribution < -0.4 is 0 Å². The summed E-state index contributed by atoms with van der Waals surface area (Å²) in [6, 6.07) is 15.3. The molecule has 0 bridgehead atoms. The summed E-state index contributed by atoms with van der Waals surface area (Å²) in [6.07, 6.45) is 3.20. The Labute approximate surface area is 232 Å². The molecule has 196 valence electrons. The molecule has 4 atom stereocenters. The second kappa shape index (κ2) is 11.0. The zero-order valence-electron chi connectivity index (χ0n) is 21.2. The predicted molar refractivity (Wildman–Crippen MR) is 149 cm³/mol. The zero-order chi connectivity index (χ0) is 26.2. The number of hydrogen-bond acceptors (Lipinski definition) is 5. The Balaban J connectivity index is 1.61. The molecule has 0 radical (unpaired) electrons. The van der Waals surface area contributed by atoms with Crippen molar-refractivity contribution < 1.29 is 9.53 Å². The van der Waals surface area contributed by atoms with E-state index in [1.165, 1.54) is 0 Å². The maximum atomic E-state index is 14.3. The first-order valence-corrected chi connectivity index (χ1v) is 14.4. The van der Waals surface area contributed by atoms with Crippen LogP contribution in [0.15, 0.2) is 54.7 Å². The van der Waals surface area contributed by atoms with Crippen molar-refractivity contribution in [2.45, 2.75) is 69.1 Å². The van der Waals surface area contributed by atoms with E-state index in [1.807, 2.05) is 60.3 Å². The van der Waals surface area contributed by atoms with Gasteiger partial charge in [-0.3, -0.25) is 9.89 Å². The van der Waals surface area contributed by atoms with Gasteiger partial charge >= 0.3 is 0 Å². The highest BCUT2D eigenvalue weighted by molar-refractivity contribution is 8.00. The third-order valence-electron chi connectivity index (χ3n) is 6.90. The fourth-order valence-electron chi connectivity index (χ4n) is 4.98. The largest absolute Gasteiger partial charge is 0.358 e. The second-order valence-electron chi connectivity index (χ2n) is 10.9. The minimum atomic E-state index is -0.671. The van der Waals surface area contributed by atoms with Gasteiger partial charge in [0.05, 0.1) is 17.9 Å². The van der Waals surface area contributed by atoms with Crippen molar-refractivity contribution in [3.8, 4) is 0 Å². The van der Waals surface area contributed by atoms with Gasteiger partial charge in [-0.2, -0.15) is 11.8 Å². The van der Waals surface area contributed by atoms with Crippen LogP contribution in [0.5, 0.6) is 0 Å². The molecule has 1 saturated heterocycles. The summed E-state index contributed by atoms with van der Waals surface area (Å²) in [6.45, 7) is 6.67. The Kier molecular flexibility index (Phi) is 7.87. The molecule has 3 aromatic rings. The Hall–Kier alpha value is -2.06. The predicted octanol–water partition coefficient (Wildman–Crippen LogP) is 6.67. The van der Waals surface area contributed by atoms with Crippen LogP contribution >= 0.6 is 35.0 Å². The van der Waals surface area contributed by atoms with Gasteiger partial charge in [0.25, 0.3) is 5.91 Å². The van der Waals surface area contributed by atoms with Crippen molar-refractivity contribution in [1.82, 2.24) is 20.3 Å². The van der Waals surface area contributed by atoms with E-state index in [0.29, 0.717) is 22.4 Å². The molecule has 2 aromatic carbocycles. The van der Waals surface area contributed by atoms with Gasteiger partial charge in [-0.25, -0.2) is 0 Å². The van der Waals surface area contributed by atoms with E-state index >= 15 is 0 Å². The summed E-state index contributed by atoms with van der Waals surface area (Å²) < 4.78 is 6.76. The average molecular weight is 560 g/mol. The standard InChI is InChI=1S/C28H32Cl2N4O2S/c1-28(2,3)37-16-23(17-7-8-17)34-25(18-9-11-20(29)12-10-18)26(19-5-4-6-21(30)13-19)36-24(27(34)35)14-22-15-31-33-32-22/h4-6,9-13,15,17,23-26H,7-8,14,16H2,1-3H3,(H,31,32,33)/t23-,24+,25-,26-/m1/s1. The molecule has 1 aliphatic heterocycles. The molecule has 6 nitrogen and oxygen atoms in total. The van der Waals surface area contributed by atoms with E-state index in [0.717, 1.165) is 35.4 Å². The average Bonchev–Trinajstić information content (AvgIpc) is 3.56. The molecule has 0 spiro atoms. The number of morpholine rings is 1. The van der Waals surface area contributed by atoms with Crippen molar-refractivity contribution >= 4 is 40.9 Å². The van der Waals surface area contributed by atoms with E-state index in [1.54, 1.807) is 6.20 Å². The van der Waals surface area contributed by atoms with Crippen molar-refractivity contribution in [3.05, 3.63) is 81.6 Å². The number of carbonyl (C=O) groups is 1. The molecule has 2 heterocycles. The first-order valence-electron chi connectivity index (χ1n) is 12.7. The summed E-state index contributed by atoms with van der Waals surface area (Å²) in [4.78, 5) is 16.5. The molecule has 37 heavy (non-hydrogen) atoms. The second-order valence-corrected chi connectivity index (χ2v) is 13.6. The molecule has 1 N–H and O–H groups in total. The molecule has 2 aliphatic rings. The molecule has 0 unspecified atom stereocenters. The van der Waals surface area contributed by atoms with Gasteiger partial charge in [0.1, 0.15) is 12.2 Å². The lowest BCUT2D eigenvalue weighted by atomic mass is 9.89. The minimum absolute atomic E-state index is 0.000706. The molecular formula is C28H32Cl2N4O2S. The van der Waals surface area contributed by atoms with Crippen LogP contribution in [-0.2, 0) is 16.0 Å². The van der Waals surface area contributed by atoms with Crippen LogP contribution in [0.2, 0.25) is 10.0 Å². The Morgan fingerprint density at radius 3 is 2.49 bits per heavy atom. The normalized spacial score (nSPS) is 23.3. The maximum Gasteiger partial charge on any atom is 0.253 e. The lowest BCUT2D eigenvalue weighted by Crippen LogP contribution is -2.56. The number of rotatable bonds is 8. The van der Waals surface area contributed by atoms with Crippen LogP contribution in [0.3, 0.4) is 0 Å². The summed E-state index contributed by atoms with van der Waals surface area (Å²) in [7, 11) is 0. The van der Waals surface area contributed by atoms with Crippen LogP contribution in [0.1, 0.15) is 62.6 Å². The number of nitrogens with zero attached hydrogens (tertiary/aromatic N) is 3. The van der Waals surface area contributed by atoms with Gasteiger partial charge in [0.2, 0.25) is 0 Å². The Bertz CT molecular complexity index is 1210. The Morgan fingerprint density at radius 2 is 1.86 bits per heavy atom. The van der Waals surface area contributed by atoms with Gasteiger partial charge in [0.15, 0.2) is 0 Å². The number of aromatic nitrogens is 3. The lowest BCUT2D eigenvalue weighted by Gasteiger charge is -2.48. The van der Waals surface area contributed by atoms with Crippen LogP contribution in [-0.4, -0.2) is 48.9 Å². The van der Waals surface area contributed by atoms with Gasteiger partial charge in [-0.05, 0) is 54.2 Å². The SMILES string of the molecule is CC(C)(C)SC[C@H](C1CC1)N1C(=O)[C@H](Cc2cnn[nH]2)O[C@H](c2cccc(Cl)c2)[C@H]1c1ccc(Cl)cc1. The summed E-state index contributed by atoms with van der Waals surface area (Å²) in [5, 5.41) is 11.9. The monoisotopic (exact) mass is 558 g/mol. The number of hydrogen-bond donors (Lipinski definition) is 1. The zero-order valence-corrected chi connectivity index (χ0v) is 23.6. The van der Waals surface area contributed by atoms with Crippen molar-refractivity contribution in [1.29, 1.82) is 0 Å². The van der Waals surface area contributed by atoms with Gasteiger partial charge < -0.3 is 9.64 Å². The maximum absolute atomic E-state index is 14.3. The number of aromatic amines is 1. The number of H-pyrrole nitrogens is 1. The molecule has 1 saturated carbocycles. The Morgan fingerprint density at radius 1 is 1.11 bits per heavy atom. The third kappa shape index (κ3) is 6.33. The van der Waals surface area contributed by atoms with E-state index in [9.17, 15) is 4.79 Å². The molecule has 9 heteroatoms.